The molecule has 8 aromatic rings. The standard InChI is InChI=1S/C33H20N4O2/c38-37(39)29-13-7-6-10-23(29)21-14-16-28-27(20-21)31-30(36(28)22-8-2-1-3-9-22)17-15-25-24-11-4-5-12-26(24)33-34-18-19-35(33)32(25)31/h1-20H. The maximum atomic E-state index is 11.9. The lowest BCUT2D eigenvalue weighted by molar-refractivity contribution is -0.384. The summed E-state index contributed by atoms with van der Waals surface area (Å²) >= 11 is 0. The third kappa shape index (κ3) is 3.00. The highest BCUT2D eigenvalue weighted by Gasteiger charge is 2.21. The van der Waals surface area contributed by atoms with Crippen LogP contribution in [0.3, 0.4) is 0 Å². The fourth-order valence-electron chi connectivity index (χ4n) is 6.06. The van der Waals surface area contributed by atoms with Gasteiger partial charge in [0.15, 0.2) is 0 Å². The van der Waals surface area contributed by atoms with Crippen molar-refractivity contribution in [1.82, 2.24) is 14.0 Å². The van der Waals surface area contributed by atoms with E-state index < -0.39 is 0 Å². The molecule has 5 aromatic carbocycles. The van der Waals surface area contributed by atoms with Gasteiger partial charge in [-0.1, -0.05) is 66.7 Å². The van der Waals surface area contributed by atoms with Crippen LogP contribution in [0.4, 0.5) is 5.69 Å². The Labute approximate surface area is 222 Å². The Morgan fingerprint density at radius 1 is 0.692 bits per heavy atom. The van der Waals surface area contributed by atoms with Crippen molar-refractivity contribution in [3.63, 3.8) is 0 Å². The number of nitro benzene ring substituents is 1. The van der Waals surface area contributed by atoms with Crippen LogP contribution in [0.1, 0.15) is 0 Å². The summed E-state index contributed by atoms with van der Waals surface area (Å²) in [6, 6.07) is 36.1. The molecule has 3 heterocycles. The molecule has 39 heavy (non-hydrogen) atoms. The molecule has 0 bridgehead atoms. The van der Waals surface area contributed by atoms with Gasteiger partial charge in [0.1, 0.15) is 5.65 Å². The van der Waals surface area contributed by atoms with E-state index in [-0.39, 0.29) is 10.6 Å². The molecule has 0 amide bonds. The highest BCUT2D eigenvalue weighted by atomic mass is 16.6. The fourth-order valence-corrected chi connectivity index (χ4v) is 6.06. The third-order valence-corrected chi connectivity index (χ3v) is 7.67. The van der Waals surface area contributed by atoms with Gasteiger partial charge in [-0.15, -0.1) is 0 Å². The molecule has 0 fully saturated rings. The van der Waals surface area contributed by atoms with Gasteiger partial charge in [-0.3, -0.25) is 14.5 Å². The number of benzene rings is 5. The molecule has 0 atom stereocenters. The van der Waals surface area contributed by atoms with Crippen molar-refractivity contribution in [2.45, 2.75) is 0 Å². The van der Waals surface area contributed by atoms with Gasteiger partial charge in [0.25, 0.3) is 5.69 Å². The molecule has 0 N–H and O–H groups in total. The Morgan fingerprint density at radius 3 is 2.28 bits per heavy atom. The van der Waals surface area contributed by atoms with E-state index in [1.807, 2.05) is 54.9 Å². The van der Waals surface area contributed by atoms with Gasteiger partial charge >= 0.3 is 0 Å². The zero-order valence-electron chi connectivity index (χ0n) is 20.7. The minimum absolute atomic E-state index is 0.0940. The third-order valence-electron chi connectivity index (χ3n) is 7.67. The van der Waals surface area contributed by atoms with Gasteiger partial charge in [0.2, 0.25) is 0 Å². The van der Waals surface area contributed by atoms with Gasteiger partial charge < -0.3 is 4.57 Å². The molecular weight excluding hydrogens is 484 g/mol. The van der Waals surface area contributed by atoms with Crippen LogP contribution in [0.5, 0.6) is 0 Å². The van der Waals surface area contributed by atoms with Gasteiger partial charge in [-0.2, -0.15) is 0 Å². The maximum absolute atomic E-state index is 11.9. The number of aromatic nitrogens is 3. The zero-order chi connectivity index (χ0) is 26.1. The van der Waals surface area contributed by atoms with E-state index in [0.29, 0.717) is 5.56 Å². The van der Waals surface area contributed by atoms with Crippen molar-refractivity contribution in [2.24, 2.45) is 0 Å². The number of imidazole rings is 1. The largest absolute Gasteiger partial charge is 0.309 e. The van der Waals surface area contributed by atoms with Crippen LogP contribution in [-0.4, -0.2) is 18.9 Å². The van der Waals surface area contributed by atoms with Crippen LogP contribution >= 0.6 is 0 Å². The number of nitro groups is 1. The monoisotopic (exact) mass is 504 g/mol. The van der Waals surface area contributed by atoms with Gasteiger partial charge in [-0.05, 0) is 47.3 Å². The molecule has 0 radical (unpaired) electrons. The minimum atomic E-state index is -0.316. The second kappa shape index (κ2) is 8.00. The van der Waals surface area contributed by atoms with Gasteiger partial charge in [-0.25, -0.2) is 4.98 Å². The van der Waals surface area contributed by atoms with E-state index in [4.69, 9.17) is 4.98 Å². The average Bonchev–Trinajstić information content (AvgIpc) is 3.61. The van der Waals surface area contributed by atoms with Crippen LogP contribution in [0, 0.1) is 10.1 Å². The summed E-state index contributed by atoms with van der Waals surface area (Å²) in [7, 11) is 0. The molecule has 0 aliphatic carbocycles. The summed E-state index contributed by atoms with van der Waals surface area (Å²) in [5.41, 5.74) is 6.62. The first-order valence-electron chi connectivity index (χ1n) is 12.7. The normalized spacial score (nSPS) is 11.8. The molecule has 3 aromatic heterocycles. The van der Waals surface area contributed by atoms with Crippen LogP contribution in [0.25, 0.3) is 65.9 Å². The molecule has 0 unspecified atom stereocenters. The number of fused-ring (bicyclic) bond motifs is 10. The number of hydrogen-bond donors (Lipinski definition) is 0. The van der Waals surface area contributed by atoms with Crippen molar-refractivity contribution < 1.29 is 4.92 Å². The summed E-state index contributed by atoms with van der Waals surface area (Å²) in [6.45, 7) is 0. The first-order chi connectivity index (χ1) is 19.2. The number of pyridine rings is 1. The molecule has 184 valence electrons. The Balaban J connectivity index is 1.60. The first kappa shape index (κ1) is 21.6. The van der Waals surface area contributed by atoms with E-state index >= 15 is 0 Å². The number of hydrogen-bond acceptors (Lipinski definition) is 3. The molecule has 0 saturated carbocycles. The first-order valence-corrected chi connectivity index (χ1v) is 12.7. The van der Waals surface area contributed by atoms with Gasteiger partial charge in [0, 0.05) is 45.7 Å². The molecule has 0 aliphatic heterocycles. The van der Waals surface area contributed by atoms with Crippen molar-refractivity contribution in [3.8, 4) is 16.8 Å². The molecular formula is C33H20N4O2. The minimum Gasteiger partial charge on any atom is -0.309 e. The molecule has 8 rings (SSSR count). The molecule has 6 heteroatoms. The molecule has 6 nitrogen and oxygen atoms in total. The second-order valence-corrected chi connectivity index (χ2v) is 9.70. The van der Waals surface area contributed by atoms with Crippen LogP contribution in [0.2, 0.25) is 0 Å². The number of para-hydroxylation sites is 2. The quantitative estimate of drug-likeness (QED) is 0.138. The fraction of sp³-hybridized carbons (Fsp3) is 0. The Kier molecular flexibility index (Phi) is 4.43. The van der Waals surface area contributed by atoms with Crippen LogP contribution in [-0.2, 0) is 0 Å². The predicted molar refractivity (Wildman–Crippen MR) is 157 cm³/mol. The van der Waals surface area contributed by atoms with Crippen LogP contribution in [0.15, 0.2) is 122 Å². The summed E-state index contributed by atoms with van der Waals surface area (Å²) in [5, 5.41) is 17.4. The summed E-state index contributed by atoms with van der Waals surface area (Å²) in [4.78, 5) is 16.3. The number of nitrogens with zero attached hydrogens (tertiary/aromatic N) is 4. The lowest BCUT2D eigenvalue weighted by atomic mass is 9.99. The highest BCUT2D eigenvalue weighted by molar-refractivity contribution is 6.26. The summed E-state index contributed by atoms with van der Waals surface area (Å²) in [5.74, 6) is 0. The average molecular weight is 505 g/mol. The second-order valence-electron chi connectivity index (χ2n) is 9.70. The van der Waals surface area contributed by atoms with Crippen molar-refractivity contribution in [2.75, 3.05) is 0 Å². The van der Waals surface area contributed by atoms with Gasteiger partial charge in [0.05, 0.1) is 27.0 Å². The Bertz CT molecular complexity index is 2260. The van der Waals surface area contributed by atoms with Crippen LogP contribution < -0.4 is 0 Å². The molecule has 0 spiro atoms. The number of rotatable bonds is 3. The SMILES string of the molecule is O=[N+]([O-])c1ccccc1-c1ccc2c(c1)c1c(ccc3c4ccccc4c4nccn4c31)n2-c1ccccc1. The molecule has 0 aliphatic rings. The lowest BCUT2D eigenvalue weighted by Gasteiger charge is -2.11. The Morgan fingerprint density at radius 2 is 1.44 bits per heavy atom. The summed E-state index contributed by atoms with van der Waals surface area (Å²) < 4.78 is 4.44. The topological polar surface area (TPSA) is 65.4 Å². The lowest BCUT2D eigenvalue weighted by Crippen LogP contribution is -1.94. The van der Waals surface area contributed by atoms with Crippen molar-refractivity contribution in [1.29, 1.82) is 0 Å². The molecule has 0 saturated heterocycles. The van der Waals surface area contributed by atoms with Crippen molar-refractivity contribution >= 4 is 54.8 Å². The van der Waals surface area contributed by atoms with E-state index in [9.17, 15) is 10.1 Å². The smallest absolute Gasteiger partial charge is 0.277 e. The summed E-state index contributed by atoms with van der Waals surface area (Å²) in [6.07, 6.45) is 3.86. The highest BCUT2D eigenvalue weighted by Crippen LogP contribution is 2.42. The van der Waals surface area contributed by atoms with E-state index in [2.05, 4.69) is 63.6 Å². The zero-order valence-corrected chi connectivity index (χ0v) is 20.7. The Hall–Kier alpha value is -5.49. The van der Waals surface area contributed by atoms with E-state index in [1.54, 1.807) is 12.1 Å². The van der Waals surface area contributed by atoms with E-state index in [1.165, 1.54) is 0 Å². The predicted octanol–water partition coefficient (Wildman–Crippen LogP) is 8.31. The van der Waals surface area contributed by atoms with Crippen molar-refractivity contribution in [3.05, 3.63) is 132 Å². The van der Waals surface area contributed by atoms with E-state index in [0.717, 1.165) is 60.4 Å². The maximum Gasteiger partial charge on any atom is 0.277 e.